The van der Waals surface area contributed by atoms with Crippen LogP contribution in [0.4, 0.5) is 11.4 Å². The maximum absolute atomic E-state index is 12.4. The van der Waals surface area contributed by atoms with E-state index in [0.717, 1.165) is 11.3 Å². The van der Waals surface area contributed by atoms with Crippen LogP contribution in [-0.2, 0) is 4.79 Å². The average Bonchev–Trinajstić information content (AvgIpc) is 2.67. The number of nitrogens with zero attached hydrogens (tertiary/aromatic N) is 2. The number of hydrogen-bond donors (Lipinski definition) is 1. The monoisotopic (exact) mass is 357 g/mol. The normalized spacial score (nSPS) is 11.5. The lowest BCUT2D eigenvalue weighted by molar-refractivity contribution is -0.384. The van der Waals surface area contributed by atoms with Gasteiger partial charge >= 0.3 is 0 Å². The number of nitrogens with one attached hydrogen (secondary N) is 1. The molecule has 0 spiro atoms. The van der Waals surface area contributed by atoms with Crippen LogP contribution in [0, 0.1) is 10.1 Å². The summed E-state index contributed by atoms with van der Waals surface area (Å²) in [5.74, 6) is 0.725. The van der Waals surface area contributed by atoms with Gasteiger partial charge in [-0.1, -0.05) is 24.3 Å². The van der Waals surface area contributed by atoms with Gasteiger partial charge in [-0.15, -0.1) is 0 Å². The van der Waals surface area contributed by atoms with Gasteiger partial charge in [0.1, 0.15) is 11.4 Å². The Balaban J connectivity index is 1.91. The molecular formula is C19H23N3O4. The van der Waals surface area contributed by atoms with Gasteiger partial charge in [-0.05, 0) is 30.7 Å². The zero-order valence-corrected chi connectivity index (χ0v) is 15.1. The van der Waals surface area contributed by atoms with E-state index in [1.165, 1.54) is 6.07 Å². The second-order valence-corrected chi connectivity index (χ2v) is 5.90. The first-order valence-corrected chi connectivity index (χ1v) is 8.31. The third-order valence-corrected chi connectivity index (χ3v) is 4.33. The van der Waals surface area contributed by atoms with Crippen molar-refractivity contribution in [3.05, 3.63) is 64.2 Å². The molecule has 1 atom stereocenters. The van der Waals surface area contributed by atoms with Crippen molar-refractivity contribution in [3.63, 3.8) is 0 Å². The Morgan fingerprint density at radius 2 is 1.88 bits per heavy atom. The third-order valence-electron chi connectivity index (χ3n) is 4.33. The summed E-state index contributed by atoms with van der Waals surface area (Å²) < 4.78 is 5.14. The molecule has 0 aliphatic carbocycles. The number of benzene rings is 2. The summed E-state index contributed by atoms with van der Waals surface area (Å²) in [6.07, 6.45) is 0.239. The van der Waals surface area contributed by atoms with Crippen LogP contribution in [-0.4, -0.2) is 36.4 Å². The van der Waals surface area contributed by atoms with Crippen LogP contribution in [0.3, 0.4) is 0 Å². The summed E-state index contributed by atoms with van der Waals surface area (Å²) in [6, 6.07) is 13.9. The van der Waals surface area contributed by atoms with Gasteiger partial charge in [0.25, 0.3) is 5.69 Å². The fourth-order valence-electron chi connectivity index (χ4n) is 2.58. The molecule has 0 aromatic heterocycles. The summed E-state index contributed by atoms with van der Waals surface area (Å²) in [5, 5.41) is 14.0. The topological polar surface area (TPSA) is 84.7 Å². The standard InChI is InChI=1S/C19H23N3O4/c1-14(15-8-10-16(26-3)11-9-15)21(2)19(23)12-13-20-17-6-4-5-7-18(17)22(24)25/h4-11,14,20H,12-13H2,1-3H3. The molecule has 2 aromatic rings. The quantitative estimate of drug-likeness (QED) is 0.576. The zero-order valence-electron chi connectivity index (χ0n) is 15.1. The Morgan fingerprint density at radius 3 is 2.50 bits per heavy atom. The lowest BCUT2D eigenvalue weighted by Gasteiger charge is -2.25. The molecule has 1 N–H and O–H groups in total. The maximum atomic E-state index is 12.4. The summed E-state index contributed by atoms with van der Waals surface area (Å²) in [4.78, 5) is 24.6. The molecule has 7 heteroatoms. The van der Waals surface area contributed by atoms with Crippen molar-refractivity contribution >= 4 is 17.3 Å². The number of amides is 1. The molecule has 2 rings (SSSR count). The minimum Gasteiger partial charge on any atom is -0.497 e. The van der Waals surface area contributed by atoms with E-state index in [4.69, 9.17) is 4.74 Å². The molecule has 26 heavy (non-hydrogen) atoms. The van der Waals surface area contributed by atoms with E-state index < -0.39 is 4.92 Å². The molecular weight excluding hydrogens is 334 g/mol. The van der Waals surface area contributed by atoms with Crippen LogP contribution in [0.1, 0.15) is 24.9 Å². The molecule has 0 heterocycles. The molecule has 0 radical (unpaired) electrons. The Labute approximate surface area is 152 Å². The van der Waals surface area contributed by atoms with Crippen molar-refractivity contribution in [2.75, 3.05) is 26.0 Å². The molecule has 0 saturated heterocycles. The number of methoxy groups -OCH3 is 1. The third kappa shape index (κ3) is 4.72. The number of nitro groups is 1. The van der Waals surface area contributed by atoms with Gasteiger partial charge in [0.15, 0.2) is 0 Å². The Morgan fingerprint density at radius 1 is 1.23 bits per heavy atom. The lowest BCUT2D eigenvalue weighted by Crippen LogP contribution is -2.30. The molecule has 2 aromatic carbocycles. The average molecular weight is 357 g/mol. The molecule has 1 unspecified atom stereocenters. The number of nitro benzene ring substituents is 1. The highest BCUT2D eigenvalue weighted by molar-refractivity contribution is 5.77. The van der Waals surface area contributed by atoms with Crippen molar-refractivity contribution in [2.45, 2.75) is 19.4 Å². The number of anilines is 1. The summed E-state index contributed by atoms with van der Waals surface area (Å²) >= 11 is 0. The molecule has 1 amide bonds. The van der Waals surface area contributed by atoms with Crippen LogP contribution in [0.25, 0.3) is 0 Å². The maximum Gasteiger partial charge on any atom is 0.292 e. The minimum atomic E-state index is -0.442. The molecule has 0 aliphatic rings. The van der Waals surface area contributed by atoms with E-state index in [1.54, 1.807) is 37.3 Å². The van der Waals surface area contributed by atoms with E-state index in [-0.39, 0.29) is 24.1 Å². The van der Waals surface area contributed by atoms with Crippen molar-refractivity contribution in [2.24, 2.45) is 0 Å². The van der Waals surface area contributed by atoms with Gasteiger partial charge < -0.3 is 15.0 Å². The van der Waals surface area contributed by atoms with Crippen LogP contribution >= 0.6 is 0 Å². The minimum absolute atomic E-state index is 0.0000885. The Bertz CT molecular complexity index is 762. The van der Waals surface area contributed by atoms with Crippen molar-refractivity contribution in [1.82, 2.24) is 4.90 Å². The molecule has 0 fully saturated rings. The predicted molar refractivity (Wildman–Crippen MR) is 100 cm³/mol. The highest BCUT2D eigenvalue weighted by Crippen LogP contribution is 2.24. The van der Waals surface area contributed by atoms with Crippen molar-refractivity contribution in [1.29, 1.82) is 0 Å². The van der Waals surface area contributed by atoms with Crippen LogP contribution in [0.2, 0.25) is 0 Å². The van der Waals surface area contributed by atoms with E-state index in [2.05, 4.69) is 5.32 Å². The first kappa shape index (κ1) is 19.2. The molecule has 0 saturated carbocycles. The highest BCUT2D eigenvalue weighted by Gasteiger charge is 2.18. The number of rotatable bonds is 8. The van der Waals surface area contributed by atoms with E-state index >= 15 is 0 Å². The van der Waals surface area contributed by atoms with Crippen molar-refractivity contribution < 1.29 is 14.5 Å². The van der Waals surface area contributed by atoms with Gasteiger partial charge in [0, 0.05) is 26.1 Å². The zero-order chi connectivity index (χ0) is 19.1. The summed E-state index contributed by atoms with van der Waals surface area (Å²) in [5.41, 5.74) is 1.42. The number of para-hydroxylation sites is 2. The number of ether oxygens (including phenoxy) is 1. The van der Waals surface area contributed by atoms with Gasteiger partial charge in [-0.3, -0.25) is 14.9 Å². The fourth-order valence-corrected chi connectivity index (χ4v) is 2.58. The van der Waals surface area contributed by atoms with E-state index in [9.17, 15) is 14.9 Å². The van der Waals surface area contributed by atoms with Crippen LogP contribution in [0.5, 0.6) is 5.75 Å². The predicted octanol–water partition coefficient (Wildman–Crippen LogP) is 3.63. The van der Waals surface area contributed by atoms with E-state index in [0.29, 0.717) is 12.2 Å². The molecule has 138 valence electrons. The lowest BCUT2D eigenvalue weighted by atomic mass is 10.1. The number of hydrogen-bond acceptors (Lipinski definition) is 5. The number of carbonyl (C=O) groups is 1. The van der Waals surface area contributed by atoms with Gasteiger partial charge in [0.05, 0.1) is 18.1 Å². The molecule has 0 bridgehead atoms. The van der Waals surface area contributed by atoms with Crippen LogP contribution in [0.15, 0.2) is 48.5 Å². The number of carbonyl (C=O) groups excluding carboxylic acids is 1. The molecule has 0 aliphatic heterocycles. The SMILES string of the molecule is COc1ccc(C(C)N(C)C(=O)CCNc2ccccc2[N+](=O)[O-])cc1. The van der Waals surface area contributed by atoms with Gasteiger partial charge in [-0.2, -0.15) is 0 Å². The fraction of sp³-hybridized carbons (Fsp3) is 0.316. The van der Waals surface area contributed by atoms with Crippen LogP contribution < -0.4 is 10.1 Å². The second-order valence-electron chi connectivity index (χ2n) is 5.90. The highest BCUT2D eigenvalue weighted by atomic mass is 16.6. The second kappa shape index (κ2) is 8.84. The first-order valence-electron chi connectivity index (χ1n) is 8.31. The summed E-state index contributed by atoms with van der Waals surface area (Å²) in [6.45, 7) is 2.28. The Kier molecular flexibility index (Phi) is 6.54. The molecule has 7 nitrogen and oxygen atoms in total. The van der Waals surface area contributed by atoms with Gasteiger partial charge in [0.2, 0.25) is 5.91 Å². The van der Waals surface area contributed by atoms with E-state index in [1.807, 2.05) is 31.2 Å². The summed E-state index contributed by atoms with van der Waals surface area (Å²) in [7, 11) is 3.36. The smallest absolute Gasteiger partial charge is 0.292 e. The van der Waals surface area contributed by atoms with Crippen molar-refractivity contribution in [3.8, 4) is 5.75 Å². The first-order chi connectivity index (χ1) is 12.4. The van der Waals surface area contributed by atoms with Gasteiger partial charge in [-0.25, -0.2) is 0 Å². The Hall–Kier alpha value is -3.09. The largest absolute Gasteiger partial charge is 0.497 e.